The van der Waals surface area contributed by atoms with E-state index in [1.807, 2.05) is 30.3 Å². The lowest BCUT2D eigenvalue weighted by molar-refractivity contribution is -0.133. The van der Waals surface area contributed by atoms with Crippen molar-refractivity contribution in [2.45, 2.75) is 13.3 Å². The second-order valence-electron chi connectivity index (χ2n) is 3.56. The van der Waals surface area contributed by atoms with Crippen LogP contribution in [0.1, 0.15) is 13.3 Å². The molecule has 3 heteroatoms. The molecule has 0 aliphatic rings. The molecule has 0 saturated carbocycles. The Morgan fingerprint density at radius 3 is 2.81 bits per heavy atom. The minimum atomic E-state index is -0.255. The van der Waals surface area contributed by atoms with Gasteiger partial charge in [-0.25, -0.2) is 0 Å². The van der Waals surface area contributed by atoms with Gasteiger partial charge < -0.3 is 10.5 Å². The van der Waals surface area contributed by atoms with Crippen molar-refractivity contribution in [1.29, 1.82) is 0 Å². The smallest absolute Gasteiger partial charge is 0.310 e. The van der Waals surface area contributed by atoms with E-state index in [1.54, 1.807) is 13.0 Å². The molecule has 2 aromatic carbocycles. The Balaban J connectivity index is 2.45. The van der Waals surface area contributed by atoms with Crippen molar-refractivity contribution in [2.24, 2.45) is 0 Å². The number of benzene rings is 2. The quantitative estimate of drug-likeness (QED) is 0.476. The average molecular weight is 215 g/mol. The number of anilines is 1. The minimum Gasteiger partial charge on any atom is -0.426 e. The normalized spacial score (nSPS) is 10.3. The summed E-state index contributed by atoms with van der Waals surface area (Å²) in [4.78, 5) is 11.2. The largest absolute Gasteiger partial charge is 0.426 e. The van der Waals surface area contributed by atoms with Gasteiger partial charge in [0.05, 0.1) is 0 Å². The van der Waals surface area contributed by atoms with Crippen LogP contribution in [0.5, 0.6) is 5.75 Å². The molecule has 2 rings (SSSR count). The van der Waals surface area contributed by atoms with E-state index in [2.05, 4.69) is 0 Å². The molecule has 0 aliphatic carbocycles. The molecule has 3 nitrogen and oxygen atoms in total. The molecule has 2 aromatic rings. The SMILES string of the molecule is CCC(=O)Oc1cc(N)c2ccccc2c1. The third-order valence-electron chi connectivity index (χ3n) is 2.39. The number of rotatable bonds is 2. The maximum absolute atomic E-state index is 11.2. The van der Waals surface area contributed by atoms with Crippen LogP contribution in [0, 0.1) is 0 Å². The molecule has 0 radical (unpaired) electrons. The van der Waals surface area contributed by atoms with Crippen LogP contribution in [0.2, 0.25) is 0 Å². The van der Waals surface area contributed by atoms with Crippen LogP contribution in [0.25, 0.3) is 10.8 Å². The highest BCUT2D eigenvalue weighted by Gasteiger charge is 2.05. The van der Waals surface area contributed by atoms with Crippen LogP contribution in [-0.4, -0.2) is 5.97 Å². The molecule has 0 aliphatic heterocycles. The van der Waals surface area contributed by atoms with Crippen molar-refractivity contribution in [3.05, 3.63) is 36.4 Å². The Morgan fingerprint density at radius 1 is 1.31 bits per heavy atom. The second-order valence-corrected chi connectivity index (χ2v) is 3.56. The number of esters is 1. The number of hydrogen-bond acceptors (Lipinski definition) is 3. The van der Waals surface area contributed by atoms with E-state index in [9.17, 15) is 4.79 Å². The fourth-order valence-corrected chi connectivity index (χ4v) is 1.57. The lowest BCUT2D eigenvalue weighted by Gasteiger charge is -2.07. The number of hydrogen-bond donors (Lipinski definition) is 1. The molecule has 2 N–H and O–H groups in total. The first-order valence-corrected chi connectivity index (χ1v) is 5.19. The Bertz CT molecular complexity index is 534. The number of ether oxygens (including phenoxy) is 1. The van der Waals surface area contributed by atoms with Gasteiger partial charge in [-0.1, -0.05) is 31.2 Å². The molecule has 82 valence electrons. The van der Waals surface area contributed by atoms with Gasteiger partial charge in [-0.15, -0.1) is 0 Å². The Kier molecular flexibility index (Phi) is 2.77. The molecule has 0 spiro atoms. The van der Waals surface area contributed by atoms with Gasteiger partial charge in [0.25, 0.3) is 0 Å². The molecular formula is C13H13NO2. The van der Waals surface area contributed by atoms with Crippen molar-refractivity contribution in [3.63, 3.8) is 0 Å². The first-order chi connectivity index (χ1) is 7.70. The van der Waals surface area contributed by atoms with E-state index in [-0.39, 0.29) is 5.97 Å². The Hall–Kier alpha value is -2.03. The van der Waals surface area contributed by atoms with Crippen LogP contribution in [0.15, 0.2) is 36.4 Å². The molecule has 0 bridgehead atoms. The lowest BCUT2D eigenvalue weighted by Crippen LogP contribution is -2.05. The van der Waals surface area contributed by atoms with E-state index < -0.39 is 0 Å². The van der Waals surface area contributed by atoms with Gasteiger partial charge in [0.15, 0.2) is 0 Å². The second kappa shape index (κ2) is 4.23. The summed E-state index contributed by atoms with van der Waals surface area (Å²) < 4.78 is 5.13. The van der Waals surface area contributed by atoms with Crippen LogP contribution < -0.4 is 10.5 Å². The summed E-state index contributed by atoms with van der Waals surface area (Å²) in [7, 11) is 0. The first-order valence-electron chi connectivity index (χ1n) is 5.19. The third kappa shape index (κ3) is 1.98. The zero-order chi connectivity index (χ0) is 11.5. The highest BCUT2D eigenvalue weighted by Crippen LogP contribution is 2.27. The molecule has 0 saturated heterocycles. The number of fused-ring (bicyclic) bond motifs is 1. The topological polar surface area (TPSA) is 52.3 Å². The highest BCUT2D eigenvalue weighted by molar-refractivity contribution is 5.94. The fraction of sp³-hybridized carbons (Fsp3) is 0.154. The van der Waals surface area contributed by atoms with Crippen LogP contribution >= 0.6 is 0 Å². The molecule has 16 heavy (non-hydrogen) atoms. The van der Waals surface area contributed by atoms with Crippen molar-refractivity contribution in [3.8, 4) is 5.75 Å². The molecule has 0 fully saturated rings. The molecule has 0 amide bonds. The van der Waals surface area contributed by atoms with Gasteiger partial charge in [-0.05, 0) is 11.5 Å². The van der Waals surface area contributed by atoms with E-state index >= 15 is 0 Å². The number of carbonyl (C=O) groups is 1. The number of nitrogens with two attached hydrogens (primary N) is 1. The zero-order valence-electron chi connectivity index (χ0n) is 9.07. The van der Waals surface area contributed by atoms with Gasteiger partial charge in [-0.3, -0.25) is 4.79 Å². The van der Waals surface area contributed by atoms with Gasteiger partial charge in [0.1, 0.15) is 5.75 Å². The summed E-state index contributed by atoms with van der Waals surface area (Å²) in [6.07, 6.45) is 0.354. The lowest BCUT2D eigenvalue weighted by atomic mass is 10.1. The summed E-state index contributed by atoms with van der Waals surface area (Å²) in [5.74, 6) is 0.248. The van der Waals surface area contributed by atoms with Crippen molar-refractivity contribution in [1.82, 2.24) is 0 Å². The highest BCUT2D eigenvalue weighted by atomic mass is 16.5. The van der Waals surface area contributed by atoms with Crippen LogP contribution in [-0.2, 0) is 4.79 Å². The maximum Gasteiger partial charge on any atom is 0.310 e. The average Bonchev–Trinajstić information content (AvgIpc) is 2.29. The van der Waals surface area contributed by atoms with Gasteiger partial charge in [0.2, 0.25) is 0 Å². The third-order valence-corrected chi connectivity index (χ3v) is 2.39. The van der Waals surface area contributed by atoms with Gasteiger partial charge >= 0.3 is 5.97 Å². The number of carbonyl (C=O) groups excluding carboxylic acids is 1. The van der Waals surface area contributed by atoms with Crippen LogP contribution in [0.3, 0.4) is 0 Å². The molecule has 0 unspecified atom stereocenters. The van der Waals surface area contributed by atoms with E-state index in [1.165, 1.54) is 0 Å². The minimum absolute atomic E-state index is 0.255. The van der Waals surface area contributed by atoms with E-state index in [0.29, 0.717) is 17.9 Å². The summed E-state index contributed by atoms with van der Waals surface area (Å²) in [6.45, 7) is 1.76. The van der Waals surface area contributed by atoms with Gasteiger partial charge in [0, 0.05) is 23.6 Å². The van der Waals surface area contributed by atoms with Crippen LogP contribution in [0.4, 0.5) is 5.69 Å². The molecule has 0 atom stereocenters. The van der Waals surface area contributed by atoms with Gasteiger partial charge in [-0.2, -0.15) is 0 Å². The van der Waals surface area contributed by atoms with Crippen molar-refractivity contribution in [2.75, 3.05) is 5.73 Å². The van der Waals surface area contributed by atoms with E-state index in [4.69, 9.17) is 10.5 Å². The predicted molar refractivity (Wildman–Crippen MR) is 64.3 cm³/mol. The van der Waals surface area contributed by atoms with Crippen molar-refractivity contribution < 1.29 is 9.53 Å². The first kappa shape index (κ1) is 10.5. The summed E-state index contributed by atoms with van der Waals surface area (Å²) in [6, 6.07) is 11.2. The molecule has 0 heterocycles. The molecular weight excluding hydrogens is 202 g/mol. The Morgan fingerprint density at radius 2 is 2.06 bits per heavy atom. The zero-order valence-corrected chi connectivity index (χ0v) is 9.07. The predicted octanol–water partition coefficient (Wildman–Crippen LogP) is 2.74. The standard InChI is InChI=1S/C13H13NO2/c1-2-13(15)16-10-7-9-5-3-4-6-11(9)12(14)8-10/h3-8H,2,14H2,1H3. The van der Waals surface area contributed by atoms with E-state index in [0.717, 1.165) is 10.8 Å². The number of nitrogen functional groups attached to an aromatic ring is 1. The fourth-order valence-electron chi connectivity index (χ4n) is 1.57. The summed E-state index contributed by atoms with van der Waals surface area (Å²) in [5.41, 5.74) is 6.51. The van der Waals surface area contributed by atoms with Crippen molar-refractivity contribution >= 4 is 22.4 Å². The summed E-state index contributed by atoms with van der Waals surface area (Å²) in [5, 5.41) is 1.94. The molecule has 0 aromatic heterocycles. The maximum atomic E-state index is 11.2. The Labute approximate surface area is 93.8 Å². The monoisotopic (exact) mass is 215 g/mol. The summed E-state index contributed by atoms with van der Waals surface area (Å²) >= 11 is 0.